The highest BCUT2D eigenvalue weighted by Crippen LogP contribution is 2.34. The van der Waals surface area contributed by atoms with E-state index >= 15 is 0 Å². The summed E-state index contributed by atoms with van der Waals surface area (Å²) >= 11 is 0. The second-order valence-electron chi connectivity index (χ2n) is 5.06. The molecule has 2 amide bonds. The zero-order valence-corrected chi connectivity index (χ0v) is 12.0. The molecule has 1 aromatic heterocycles. The van der Waals surface area contributed by atoms with Crippen molar-refractivity contribution in [2.45, 2.75) is 0 Å². The first-order chi connectivity index (χ1) is 12.8. The molecule has 2 heterocycles. The van der Waals surface area contributed by atoms with Crippen LogP contribution in [0.25, 0.3) is 11.4 Å². The van der Waals surface area contributed by atoms with Crippen LogP contribution in [0.5, 0.6) is 0 Å². The zero-order chi connectivity index (χ0) is 19.3. The van der Waals surface area contributed by atoms with E-state index in [9.17, 15) is 14.0 Å². The highest BCUT2D eigenvalue weighted by atomic mass is 19.1. The summed E-state index contributed by atoms with van der Waals surface area (Å²) in [4.78, 5) is 26.7. The number of hydrogen-bond acceptors (Lipinski definition) is 5. The van der Waals surface area contributed by atoms with E-state index < -0.39 is 24.6 Å². The standard InChI is InChI=1S/C16H10FN5O2/c1-21-19-14(18-20-21)12-8-9(17)6-7-13(12)22-15(23)10-4-2-3-5-11(10)16(22)24/h2-8H,1H3/i1D3. The molecule has 0 fully saturated rings. The molecule has 4 rings (SSSR count). The smallest absolute Gasteiger partial charge is 0.266 e. The van der Waals surface area contributed by atoms with Gasteiger partial charge < -0.3 is 0 Å². The van der Waals surface area contributed by atoms with Gasteiger partial charge >= 0.3 is 0 Å². The quantitative estimate of drug-likeness (QED) is 0.671. The fourth-order valence-corrected chi connectivity index (χ4v) is 2.61. The average Bonchev–Trinajstić information content (AvgIpc) is 3.21. The number of anilines is 1. The number of amides is 2. The largest absolute Gasteiger partial charge is 0.268 e. The first-order valence-electron chi connectivity index (χ1n) is 8.35. The number of carbonyl (C=O) groups excluding carboxylic acids is 2. The van der Waals surface area contributed by atoms with Crippen LogP contribution in [0.2, 0.25) is 0 Å². The molecule has 0 atom stereocenters. The number of fused-ring (bicyclic) bond motifs is 1. The van der Waals surface area contributed by atoms with Crippen LogP contribution < -0.4 is 4.90 Å². The van der Waals surface area contributed by atoms with E-state index in [0.29, 0.717) is 4.80 Å². The summed E-state index contributed by atoms with van der Waals surface area (Å²) in [6, 6.07) is 9.62. The molecule has 118 valence electrons. The minimum absolute atomic E-state index is 0.0278. The third-order valence-corrected chi connectivity index (χ3v) is 3.65. The molecule has 3 aromatic rings. The lowest BCUT2D eigenvalue weighted by Gasteiger charge is -2.16. The number of imide groups is 1. The average molecular weight is 326 g/mol. The predicted octanol–water partition coefficient (Wildman–Crippen LogP) is 1.82. The van der Waals surface area contributed by atoms with Crippen LogP contribution in [0.3, 0.4) is 0 Å². The Bertz CT molecular complexity index is 1060. The van der Waals surface area contributed by atoms with Crippen molar-refractivity contribution in [1.82, 2.24) is 20.2 Å². The van der Waals surface area contributed by atoms with Crippen molar-refractivity contribution in [3.05, 3.63) is 59.4 Å². The Kier molecular flexibility index (Phi) is 2.35. The normalized spacial score (nSPS) is 15.9. The molecule has 8 heteroatoms. The van der Waals surface area contributed by atoms with Crippen LogP contribution in [0, 0.1) is 5.82 Å². The molecule has 0 spiro atoms. The SMILES string of the molecule is [2H]C([2H])([2H])n1nnc(-c2cc(F)ccc2N2C(=O)c3ccccc3C2=O)n1. The van der Waals surface area contributed by atoms with Crippen LogP contribution in [-0.2, 0) is 6.98 Å². The summed E-state index contributed by atoms with van der Waals surface area (Å²) in [6.07, 6.45) is 0. The van der Waals surface area contributed by atoms with Crippen molar-refractivity contribution in [3.63, 3.8) is 0 Å². The number of hydrogen-bond donors (Lipinski definition) is 0. The number of tetrazole rings is 1. The van der Waals surface area contributed by atoms with Gasteiger partial charge in [-0.15, -0.1) is 10.2 Å². The van der Waals surface area contributed by atoms with E-state index in [4.69, 9.17) is 4.11 Å². The summed E-state index contributed by atoms with van der Waals surface area (Å²) in [6.45, 7) is -2.67. The third kappa shape index (κ3) is 2.00. The first-order valence-corrected chi connectivity index (χ1v) is 6.85. The molecule has 0 aliphatic carbocycles. The van der Waals surface area contributed by atoms with Crippen LogP contribution >= 0.6 is 0 Å². The molecule has 1 aliphatic heterocycles. The fourth-order valence-electron chi connectivity index (χ4n) is 2.61. The number of benzene rings is 2. The molecule has 1 aliphatic rings. The molecule has 0 saturated heterocycles. The highest BCUT2D eigenvalue weighted by Gasteiger charge is 2.38. The number of nitrogens with zero attached hydrogens (tertiary/aromatic N) is 5. The number of aryl methyl sites for hydroxylation is 1. The Morgan fingerprint density at radius 2 is 1.75 bits per heavy atom. The summed E-state index contributed by atoms with van der Waals surface area (Å²) in [7, 11) is 0. The van der Waals surface area contributed by atoms with Gasteiger partial charge in [-0.1, -0.05) is 12.1 Å². The van der Waals surface area contributed by atoms with Gasteiger partial charge in [0.2, 0.25) is 5.82 Å². The summed E-state index contributed by atoms with van der Waals surface area (Å²) in [5.41, 5.74) is 0.446. The molecule has 7 nitrogen and oxygen atoms in total. The van der Waals surface area contributed by atoms with Gasteiger partial charge in [0, 0.05) is 4.11 Å². The number of rotatable bonds is 2. The Morgan fingerprint density at radius 3 is 2.38 bits per heavy atom. The highest BCUT2D eigenvalue weighted by molar-refractivity contribution is 6.35. The molecular formula is C16H10FN5O2. The molecule has 0 bridgehead atoms. The lowest BCUT2D eigenvalue weighted by atomic mass is 10.1. The lowest BCUT2D eigenvalue weighted by Crippen LogP contribution is -2.30. The summed E-state index contributed by atoms with van der Waals surface area (Å²) in [5.74, 6) is -2.05. The Hall–Kier alpha value is -3.42. The molecule has 0 N–H and O–H groups in total. The van der Waals surface area contributed by atoms with Crippen molar-refractivity contribution in [1.29, 1.82) is 0 Å². The van der Waals surface area contributed by atoms with Gasteiger partial charge in [0.1, 0.15) is 5.82 Å². The van der Waals surface area contributed by atoms with Crippen molar-refractivity contribution in [3.8, 4) is 11.4 Å². The number of aromatic nitrogens is 4. The van der Waals surface area contributed by atoms with Crippen LogP contribution in [-0.4, -0.2) is 32.0 Å². The van der Waals surface area contributed by atoms with E-state index in [1.165, 1.54) is 18.2 Å². The van der Waals surface area contributed by atoms with Gasteiger partial charge in [0.15, 0.2) is 0 Å². The van der Waals surface area contributed by atoms with Crippen molar-refractivity contribution < 1.29 is 18.1 Å². The van der Waals surface area contributed by atoms with E-state index in [1.807, 2.05) is 0 Å². The topological polar surface area (TPSA) is 81.0 Å². The number of halogens is 1. The third-order valence-electron chi connectivity index (χ3n) is 3.65. The van der Waals surface area contributed by atoms with Gasteiger partial charge in [-0.25, -0.2) is 9.29 Å². The van der Waals surface area contributed by atoms with Crippen LogP contribution in [0.4, 0.5) is 10.1 Å². The second-order valence-corrected chi connectivity index (χ2v) is 5.06. The minimum atomic E-state index is -2.67. The molecule has 24 heavy (non-hydrogen) atoms. The Balaban J connectivity index is 1.85. The van der Waals surface area contributed by atoms with E-state index in [1.54, 1.807) is 12.1 Å². The minimum Gasteiger partial charge on any atom is -0.268 e. The van der Waals surface area contributed by atoms with Gasteiger partial charge in [0.05, 0.1) is 29.4 Å². The first kappa shape index (κ1) is 11.2. The summed E-state index contributed by atoms with van der Waals surface area (Å²) < 4.78 is 35.7. The van der Waals surface area contributed by atoms with E-state index in [0.717, 1.165) is 17.0 Å². The fraction of sp³-hybridized carbons (Fsp3) is 0.0625. The molecule has 0 saturated carbocycles. The van der Waals surface area contributed by atoms with Gasteiger partial charge in [0.25, 0.3) is 11.8 Å². The van der Waals surface area contributed by atoms with Crippen molar-refractivity contribution in [2.75, 3.05) is 4.90 Å². The molecule has 0 unspecified atom stereocenters. The van der Waals surface area contributed by atoms with Gasteiger partial charge in [-0.3, -0.25) is 9.59 Å². The second kappa shape index (κ2) is 5.05. The molecule has 2 aromatic carbocycles. The van der Waals surface area contributed by atoms with Crippen molar-refractivity contribution >= 4 is 17.5 Å². The lowest BCUT2D eigenvalue weighted by molar-refractivity contribution is 0.0926. The van der Waals surface area contributed by atoms with E-state index in [-0.39, 0.29) is 28.2 Å². The maximum absolute atomic E-state index is 13.8. The molecular weight excluding hydrogens is 313 g/mol. The van der Waals surface area contributed by atoms with Crippen LogP contribution in [0.15, 0.2) is 42.5 Å². The van der Waals surface area contributed by atoms with E-state index in [2.05, 4.69) is 15.4 Å². The molecule has 0 radical (unpaired) electrons. The Labute approximate surface area is 139 Å². The maximum Gasteiger partial charge on any atom is 0.266 e. The monoisotopic (exact) mass is 326 g/mol. The van der Waals surface area contributed by atoms with Crippen LogP contribution in [0.1, 0.15) is 24.8 Å². The summed E-state index contributed by atoms with van der Waals surface area (Å²) in [5, 5.41) is 10.8. The van der Waals surface area contributed by atoms with Gasteiger partial charge in [-0.05, 0) is 35.5 Å². The predicted molar refractivity (Wildman–Crippen MR) is 81.8 cm³/mol. The zero-order valence-electron chi connectivity index (χ0n) is 15.0. The van der Waals surface area contributed by atoms with Crippen molar-refractivity contribution in [2.24, 2.45) is 6.98 Å². The number of carbonyl (C=O) groups is 2. The maximum atomic E-state index is 13.8. The van der Waals surface area contributed by atoms with Gasteiger partial charge in [-0.2, -0.15) is 4.80 Å². The Morgan fingerprint density at radius 1 is 1.04 bits per heavy atom.